The van der Waals surface area contributed by atoms with E-state index < -0.39 is 11.8 Å². The van der Waals surface area contributed by atoms with Gasteiger partial charge in [0.25, 0.3) is 5.92 Å². The van der Waals surface area contributed by atoms with E-state index in [1.807, 2.05) is 46.6 Å². The molecular weight excluding hydrogens is 432 g/mol. The molecular formula is C23H27F2N5OS. The highest BCUT2D eigenvalue weighted by Crippen LogP contribution is 2.58. The Bertz CT molecular complexity index is 1030. The number of hydrogen-bond donors (Lipinski definition) is 1. The second kappa shape index (κ2) is 8.19. The number of halogens is 2. The molecule has 1 aliphatic carbocycles. The molecule has 170 valence electrons. The van der Waals surface area contributed by atoms with Crippen molar-refractivity contribution in [2.24, 2.45) is 5.92 Å². The molecule has 2 aromatic rings. The van der Waals surface area contributed by atoms with Crippen LogP contribution in [0, 0.1) is 5.92 Å². The number of aromatic nitrogens is 1. The maximum atomic E-state index is 14.3. The Kier molecular flexibility index (Phi) is 5.49. The molecule has 1 aromatic heterocycles. The summed E-state index contributed by atoms with van der Waals surface area (Å²) in [6.07, 6.45) is 1.66. The molecule has 6 nitrogen and oxygen atoms in total. The van der Waals surface area contributed by atoms with Gasteiger partial charge in [0.2, 0.25) is 5.91 Å². The van der Waals surface area contributed by atoms with Gasteiger partial charge in [0.1, 0.15) is 0 Å². The van der Waals surface area contributed by atoms with E-state index in [4.69, 9.17) is 0 Å². The first-order chi connectivity index (χ1) is 15.3. The Morgan fingerprint density at radius 3 is 2.62 bits per heavy atom. The highest BCUT2D eigenvalue weighted by atomic mass is 32.2. The van der Waals surface area contributed by atoms with Gasteiger partial charge in [0, 0.05) is 71.1 Å². The van der Waals surface area contributed by atoms with E-state index in [2.05, 4.69) is 14.6 Å². The van der Waals surface area contributed by atoms with E-state index in [0.717, 1.165) is 41.3 Å². The van der Waals surface area contributed by atoms with Crippen molar-refractivity contribution >= 4 is 29.4 Å². The number of nitrogens with zero attached hydrogens (tertiary/aromatic N) is 4. The third-order valence-corrected chi connectivity index (χ3v) is 7.47. The van der Waals surface area contributed by atoms with Crippen molar-refractivity contribution in [3.8, 4) is 0 Å². The zero-order valence-corrected chi connectivity index (χ0v) is 19.0. The quantitative estimate of drug-likeness (QED) is 0.684. The van der Waals surface area contributed by atoms with Gasteiger partial charge in [0.05, 0.1) is 29.2 Å². The van der Waals surface area contributed by atoms with E-state index in [-0.39, 0.29) is 18.2 Å². The van der Waals surface area contributed by atoms with Gasteiger partial charge in [-0.25, -0.2) is 8.78 Å². The molecule has 0 radical (unpaired) electrons. The molecule has 1 N–H and O–H groups in total. The average Bonchev–Trinajstić information content (AvgIpc) is 3.23. The van der Waals surface area contributed by atoms with Crippen LogP contribution in [0.3, 0.4) is 0 Å². The van der Waals surface area contributed by atoms with E-state index in [1.54, 1.807) is 13.1 Å². The number of piperazine rings is 1. The van der Waals surface area contributed by atoms with Crippen molar-refractivity contribution in [1.29, 1.82) is 0 Å². The minimum absolute atomic E-state index is 0.0811. The Hall–Kier alpha value is -2.39. The van der Waals surface area contributed by atoms with Crippen LogP contribution in [0.4, 0.5) is 20.2 Å². The van der Waals surface area contributed by atoms with Gasteiger partial charge < -0.3 is 9.62 Å². The average molecular weight is 460 g/mol. The monoisotopic (exact) mass is 459 g/mol. The van der Waals surface area contributed by atoms with Crippen LogP contribution >= 0.6 is 12.1 Å². The molecule has 0 bridgehead atoms. The van der Waals surface area contributed by atoms with Gasteiger partial charge in [-0.15, -0.1) is 0 Å². The van der Waals surface area contributed by atoms with Crippen LogP contribution < -0.4 is 9.03 Å². The fourth-order valence-corrected chi connectivity index (χ4v) is 5.39. The van der Waals surface area contributed by atoms with E-state index in [1.165, 1.54) is 12.1 Å². The summed E-state index contributed by atoms with van der Waals surface area (Å²) in [5.41, 5.74) is 4.69. The number of alkyl halides is 2. The number of fused-ring (bicyclic) bond motifs is 1. The molecule has 2 unspecified atom stereocenters. The first kappa shape index (κ1) is 21.5. The smallest absolute Gasteiger partial charge is 0.252 e. The second-order valence-corrected chi connectivity index (χ2v) is 9.81. The summed E-state index contributed by atoms with van der Waals surface area (Å²) in [7, 11) is 1.96. The van der Waals surface area contributed by atoms with Gasteiger partial charge in [-0.3, -0.25) is 19.0 Å². The lowest BCUT2D eigenvalue weighted by Gasteiger charge is -2.34. The van der Waals surface area contributed by atoms with E-state index in [9.17, 15) is 13.6 Å². The molecule has 1 amide bonds. The number of rotatable bonds is 5. The molecule has 3 heterocycles. The fraction of sp³-hybridized carbons (Fsp3) is 0.478. The number of pyridine rings is 1. The minimum atomic E-state index is -2.63. The summed E-state index contributed by atoms with van der Waals surface area (Å²) >= 11 is 1.48. The molecule has 2 atom stereocenters. The van der Waals surface area contributed by atoms with Crippen molar-refractivity contribution in [3.05, 3.63) is 53.3 Å². The molecule has 1 saturated carbocycles. The molecule has 2 aliphatic heterocycles. The molecule has 5 rings (SSSR count). The number of nitrogens with one attached hydrogen (secondary N) is 1. The summed E-state index contributed by atoms with van der Waals surface area (Å²) in [5.74, 6) is -3.59. The molecule has 2 fully saturated rings. The van der Waals surface area contributed by atoms with Crippen molar-refractivity contribution in [1.82, 2.24) is 14.8 Å². The third kappa shape index (κ3) is 4.15. The summed E-state index contributed by atoms with van der Waals surface area (Å²) < 4.78 is 33.8. The Morgan fingerprint density at radius 2 is 1.94 bits per heavy atom. The van der Waals surface area contributed by atoms with Gasteiger partial charge in [-0.05, 0) is 35.4 Å². The molecule has 1 aromatic carbocycles. The van der Waals surface area contributed by atoms with Gasteiger partial charge in [-0.2, -0.15) is 0 Å². The summed E-state index contributed by atoms with van der Waals surface area (Å²) in [4.78, 5) is 20.2. The van der Waals surface area contributed by atoms with Crippen molar-refractivity contribution < 1.29 is 13.6 Å². The van der Waals surface area contributed by atoms with E-state index >= 15 is 0 Å². The lowest BCUT2D eigenvalue weighted by Crippen LogP contribution is -2.47. The molecule has 3 aliphatic rings. The van der Waals surface area contributed by atoms with Crippen LogP contribution in [0.25, 0.3) is 0 Å². The highest BCUT2D eigenvalue weighted by Gasteiger charge is 2.60. The molecule has 1 saturated heterocycles. The zero-order valence-electron chi connectivity index (χ0n) is 18.2. The predicted octanol–water partition coefficient (Wildman–Crippen LogP) is 3.96. The first-order valence-electron chi connectivity index (χ1n) is 10.9. The predicted molar refractivity (Wildman–Crippen MR) is 123 cm³/mol. The summed E-state index contributed by atoms with van der Waals surface area (Å²) in [6, 6.07) is 9.83. The van der Waals surface area contributed by atoms with Crippen LogP contribution in [-0.4, -0.2) is 59.8 Å². The Morgan fingerprint density at radius 1 is 1.22 bits per heavy atom. The maximum Gasteiger partial charge on any atom is 0.252 e. The number of carbonyl (C=O) groups is 1. The highest BCUT2D eigenvalue weighted by molar-refractivity contribution is 8.02. The van der Waals surface area contributed by atoms with Crippen LogP contribution in [0.2, 0.25) is 0 Å². The standard InChI is InChI=1S/C23H27F2N5OS/c1-15(31)30-9-7-29(8-10-30)14-18-11-17(5-6-26-18)22(19-13-23(19,24)25)16-3-4-20-21(12-16)28(2)32-27-20/h3-6,11-12,19,22,27H,7-10,13-14H2,1-2H3. The number of hydrogen-bond acceptors (Lipinski definition) is 6. The van der Waals surface area contributed by atoms with Crippen LogP contribution in [-0.2, 0) is 11.3 Å². The number of carbonyl (C=O) groups excluding carboxylic acids is 1. The molecule has 32 heavy (non-hydrogen) atoms. The van der Waals surface area contributed by atoms with Crippen LogP contribution in [0.1, 0.15) is 36.1 Å². The lowest BCUT2D eigenvalue weighted by atomic mass is 9.86. The SMILES string of the molecule is CC(=O)N1CCN(Cc2cc(C(c3ccc4c(c3)N(C)SN4)C3CC3(F)F)ccn2)CC1. The van der Waals surface area contributed by atoms with E-state index in [0.29, 0.717) is 19.6 Å². The third-order valence-electron chi connectivity index (χ3n) is 6.69. The van der Waals surface area contributed by atoms with Crippen LogP contribution in [0.15, 0.2) is 36.5 Å². The second-order valence-electron chi connectivity index (χ2n) is 8.88. The van der Waals surface area contributed by atoms with Crippen LogP contribution in [0.5, 0.6) is 0 Å². The fourth-order valence-electron chi connectivity index (χ4n) is 4.74. The van der Waals surface area contributed by atoms with Crippen molar-refractivity contribution in [2.45, 2.75) is 31.7 Å². The number of amides is 1. The Balaban J connectivity index is 1.39. The lowest BCUT2D eigenvalue weighted by molar-refractivity contribution is -0.130. The summed E-state index contributed by atoms with van der Waals surface area (Å²) in [6.45, 7) is 5.25. The van der Waals surface area contributed by atoms with Crippen molar-refractivity contribution in [2.75, 3.05) is 42.3 Å². The number of benzene rings is 1. The molecule has 0 spiro atoms. The van der Waals surface area contributed by atoms with Gasteiger partial charge in [0.15, 0.2) is 0 Å². The minimum Gasteiger partial charge on any atom is -0.340 e. The topological polar surface area (TPSA) is 51.7 Å². The molecule has 9 heteroatoms. The van der Waals surface area contributed by atoms with Gasteiger partial charge in [-0.1, -0.05) is 6.07 Å². The Labute approximate surface area is 191 Å². The normalized spacial score (nSPS) is 22.9. The first-order valence-corrected chi connectivity index (χ1v) is 11.7. The van der Waals surface area contributed by atoms with Crippen molar-refractivity contribution in [3.63, 3.8) is 0 Å². The summed E-state index contributed by atoms with van der Waals surface area (Å²) in [5, 5.41) is 0. The zero-order chi connectivity index (χ0) is 22.5. The maximum absolute atomic E-state index is 14.3. The number of anilines is 2. The van der Waals surface area contributed by atoms with Gasteiger partial charge >= 0.3 is 0 Å². The largest absolute Gasteiger partial charge is 0.340 e.